The summed E-state index contributed by atoms with van der Waals surface area (Å²) in [5.74, 6) is 0.972. The summed E-state index contributed by atoms with van der Waals surface area (Å²) in [5.41, 5.74) is 0.977. The first-order chi connectivity index (χ1) is 17.0. The van der Waals surface area contributed by atoms with Crippen molar-refractivity contribution in [2.24, 2.45) is 5.92 Å². The van der Waals surface area contributed by atoms with Crippen molar-refractivity contribution in [1.82, 2.24) is 15.5 Å². The normalized spacial score (nSPS) is 26.6. The summed E-state index contributed by atoms with van der Waals surface area (Å²) in [6, 6.07) is 4.97. The average molecular weight is 485 g/mol. The second kappa shape index (κ2) is 10.4. The van der Waals surface area contributed by atoms with Gasteiger partial charge in [0, 0.05) is 25.3 Å². The number of ether oxygens (including phenoxy) is 2. The van der Waals surface area contributed by atoms with Gasteiger partial charge >= 0.3 is 6.03 Å². The van der Waals surface area contributed by atoms with E-state index < -0.39 is 0 Å². The average Bonchev–Trinajstić information content (AvgIpc) is 3.54. The number of rotatable bonds is 6. The summed E-state index contributed by atoms with van der Waals surface area (Å²) in [7, 11) is 1.79. The molecule has 1 aromatic rings. The first kappa shape index (κ1) is 23.9. The Labute approximate surface area is 206 Å². The lowest BCUT2D eigenvalue weighted by Gasteiger charge is -2.42. The third kappa shape index (κ3) is 5.89. The highest BCUT2D eigenvalue weighted by molar-refractivity contribution is 5.99. The van der Waals surface area contributed by atoms with Gasteiger partial charge in [-0.1, -0.05) is 12.8 Å². The van der Waals surface area contributed by atoms with Crippen LogP contribution in [0.15, 0.2) is 18.2 Å². The Balaban J connectivity index is 1.21. The van der Waals surface area contributed by atoms with Crippen molar-refractivity contribution in [2.75, 3.05) is 25.5 Å². The molecule has 2 aliphatic heterocycles. The quantitative estimate of drug-likeness (QED) is 0.575. The van der Waals surface area contributed by atoms with Crippen LogP contribution in [0.4, 0.5) is 10.5 Å². The number of nitrogens with zero attached hydrogens (tertiary/aromatic N) is 1. The van der Waals surface area contributed by atoms with Crippen LogP contribution < -0.4 is 20.7 Å². The topological polar surface area (TPSA) is 109 Å². The zero-order valence-corrected chi connectivity index (χ0v) is 20.4. The Kier molecular flexibility index (Phi) is 7.13. The molecule has 3 fully saturated rings. The fourth-order valence-corrected chi connectivity index (χ4v) is 5.39. The number of hydrogen-bond acceptors (Lipinski definition) is 5. The number of nitrogens with one attached hydrogen (secondary N) is 3. The zero-order chi connectivity index (χ0) is 24.4. The molecule has 35 heavy (non-hydrogen) atoms. The summed E-state index contributed by atoms with van der Waals surface area (Å²) < 4.78 is 12.3. The van der Waals surface area contributed by atoms with Crippen LogP contribution in [0.3, 0.4) is 0 Å². The molecule has 0 unspecified atom stereocenters. The largest absolute Gasteiger partial charge is 0.490 e. The van der Waals surface area contributed by atoms with Gasteiger partial charge < -0.3 is 30.3 Å². The predicted octanol–water partition coefficient (Wildman–Crippen LogP) is 3.05. The molecule has 190 valence electrons. The number of hydrogen-bond donors (Lipinski definition) is 3. The molecule has 3 atom stereocenters. The van der Waals surface area contributed by atoms with Gasteiger partial charge in [-0.3, -0.25) is 9.59 Å². The number of carbonyl (C=O) groups is 3. The molecule has 2 saturated carbocycles. The van der Waals surface area contributed by atoms with Gasteiger partial charge in [0.15, 0.2) is 0 Å². The van der Waals surface area contributed by atoms with Gasteiger partial charge in [-0.25, -0.2) is 4.79 Å². The molecule has 2 heterocycles. The SMILES string of the molecule is CN1C(=O)c2cc(NC(=O)NC3CCCC3)ccc2OC[C@H]2O[C@H](CC(=O)NCC3CC3)CC[C@@H]21. The Morgan fingerprint density at radius 1 is 1.09 bits per heavy atom. The first-order valence-electron chi connectivity index (χ1n) is 13.0. The molecule has 3 N–H and O–H groups in total. The van der Waals surface area contributed by atoms with Gasteiger partial charge in [-0.05, 0) is 62.6 Å². The maximum absolute atomic E-state index is 13.4. The number of fused-ring (bicyclic) bond motifs is 2. The summed E-state index contributed by atoms with van der Waals surface area (Å²) >= 11 is 0. The van der Waals surface area contributed by atoms with Crippen LogP contribution in [0.2, 0.25) is 0 Å². The standard InChI is InChI=1S/C26H36N4O5/c1-30-21-10-9-19(13-24(31)27-14-16-6-7-16)35-23(21)15-34-22-11-8-18(12-20(22)25(30)32)29-26(33)28-17-4-2-3-5-17/h8,11-12,16-17,19,21,23H,2-7,9-10,13-15H2,1H3,(H,27,31)(H2,28,29,33)/t19-,21-,23+/m0/s1. The Bertz CT molecular complexity index is 959. The maximum Gasteiger partial charge on any atom is 0.319 e. The Morgan fingerprint density at radius 2 is 1.89 bits per heavy atom. The van der Waals surface area contributed by atoms with Crippen molar-refractivity contribution >= 4 is 23.5 Å². The van der Waals surface area contributed by atoms with E-state index in [1.165, 1.54) is 12.8 Å². The third-order valence-electron chi connectivity index (χ3n) is 7.66. The summed E-state index contributed by atoms with van der Waals surface area (Å²) in [5, 5.41) is 8.86. The predicted molar refractivity (Wildman–Crippen MR) is 130 cm³/mol. The van der Waals surface area contributed by atoms with Crippen LogP contribution in [0.1, 0.15) is 68.1 Å². The highest BCUT2D eigenvalue weighted by atomic mass is 16.5. The van der Waals surface area contributed by atoms with Crippen molar-refractivity contribution in [3.05, 3.63) is 23.8 Å². The molecule has 4 amide bonds. The van der Waals surface area contributed by atoms with Crippen LogP contribution in [0.5, 0.6) is 5.75 Å². The van der Waals surface area contributed by atoms with Crippen LogP contribution in [-0.2, 0) is 9.53 Å². The molecule has 0 bridgehead atoms. The Morgan fingerprint density at radius 3 is 2.66 bits per heavy atom. The van der Waals surface area contributed by atoms with E-state index in [0.717, 1.165) is 38.6 Å². The lowest BCUT2D eigenvalue weighted by molar-refractivity contribution is -0.134. The van der Waals surface area contributed by atoms with Gasteiger partial charge in [-0.15, -0.1) is 0 Å². The van der Waals surface area contributed by atoms with E-state index in [0.29, 0.717) is 42.4 Å². The minimum atomic E-state index is -0.304. The zero-order valence-electron chi connectivity index (χ0n) is 20.4. The first-order valence-corrected chi connectivity index (χ1v) is 13.0. The highest BCUT2D eigenvalue weighted by Gasteiger charge is 2.39. The van der Waals surface area contributed by atoms with Gasteiger partial charge in [0.25, 0.3) is 5.91 Å². The second-order valence-electron chi connectivity index (χ2n) is 10.4. The molecular weight excluding hydrogens is 448 g/mol. The van der Waals surface area contributed by atoms with Crippen molar-refractivity contribution in [2.45, 2.75) is 82.1 Å². The highest BCUT2D eigenvalue weighted by Crippen LogP contribution is 2.33. The van der Waals surface area contributed by atoms with E-state index in [1.807, 2.05) is 0 Å². The lowest BCUT2D eigenvalue weighted by Crippen LogP contribution is -2.54. The summed E-state index contributed by atoms with van der Waals surface area (Å²) in [6.45, 7) is 1.05. The van der Waals surface area contributed by atoms with Crippen LogP contribution in [0, 0.1) is 5.92 Å². The number of likely N-dealkylation sites (N-methyl/N-ethyl adjacent to an activating group) is 1. The molecule has 0 radical (unpaired) electrons. The summed E-state index contributed by atoms with van der Waals surface area (Å²) in [6.07, 6.45) is 8.01. The van der Waals surface area contributed by atoms with E-state index in [-0.39, 0.29) is 42.1 Å². The molecule has 2 aliphatic carbocycles. The van der Waals surface area contributed by atoms with E-state index in [1.54, 1.807) is 30.1 Å². The van der Waals surface area contributed by atoms with Gasteiger partial charge in [-0.2, -0.15) is 0 Å². The second-order valence-corrected chi connectivity index (χ2v) is 10.4. The van der Waals surface area contributed by atoms with Gasteiger partial charge in [0.2, 0.25) is 5.91 Å². The smallest absolute Gasteiger partial charge is 0.319 e. The minimum absolute atomic E-state index is 0.0267. The molecule has 5 rings (SSSR count). The number of benzene rings is 1. The van der Waals surface area contributed by atoms with Gasteiger partial charge in [0.1, 0.15) is 18.5 Å². The third-order valence-corrected chi connectivity index (χ3v) is 7.66. The van der Waals surface area contributed by atoms with E-state index >= 15 is 0 Å². The fourth-order valence-electron chi connectivity index (χ4n) is 5.39. The number of anilines is 1. The fraction of sp³-hybridized carbons (Fsp3) is 0.654. The Hall–Kier alpha value is -2.81. The molecule has 0 aromatic heterocycles. The van der Waals surface area contributed by atoms with E-state index in [2.05, 4.69) is 16.0 Å². The minimum Gasteiger partial charge on any atom is -0.490 e. The molecule has 4 aliphatic rings. The van der Waals surface area contributed by atoms with Crippen molar-refractivity contribution in [3.63, 3.8) is 0 Å². The number of amides is 4. The van der Waals surface area contributed by atoms with E-state index in [4.69, 9.17) is 9.47 Å². The van der Waals surface area contributed by atoms with Crippen molar-refractivity contribution in [1.29, 1.82) is 0 Å². The summed E-state index contributed by atoms with van der Waals surface area (Å²) in [4.78, 5) is 39.8. The molecular formula is C26H36N4O5. The van der Waals surface area contributed by atoms with E-state index in [9.17, 15) is 14.4 Å². The van der Waals surface area contributed by atoms with Crippen LogP contribution >= 0.6 is 0 Å². The molecule has 1 saturated heterocycles. The van der Waals surface area contributed by atoms with Crippen LogP contribution in [-0.4, -0.2) is 67.2 Å². The monoisotopic (exact) mass is 484 g/mol. The van der Waals surface area contributed by atoms with Gasteiger partial charge in [0.05, 0.1) is 24.1 Å². The molecule has 9 nitrogen and oxygen atoms in total. The molecule has 1 aromatic carbocycles. The van der Waals surface area contributed by atoms with Crippen molar-refractivity contribution < 1.29 is 23.9 Å². The molecule has 9 heteroatoms. The maximum atomic E-state index is 13.4. The van der Waals surface area contributed by atoms with Crippen LogP contribution in [0.25, 0.3) is 0 Å². The lowest BCUT2D eigenvalue weighted by atomic mass is 9.94. The van der Waals surface area contributed by atoms with Crippen molar-refractivity contribution in [3.8, 4) is 5.75 Å². The number of carbonyl (C=O) groups excluding carboxylic acids is 3. The number of urea groups is 1. The molecule has 0 spiro atoms.